The van der Waals surface area contributed by atoms with E-state index in [4.69, 9.17) is 21.2 Å². The molecular weight excluding hydrogens is 454 g/mol. The molecule has 0 radical (unpaired) electrons. The molecule has 9 heteroatoms. The minimum atomic E-state index is -3.76. The number of allylic oxidation sites excluding steroid dienone is 1. The Morgan fingerprint density at radius 2 is 1.74 bits per heavy atom. The number of nitriles is 1. The zero-order valence-corrected chi connectivity index (χ0v) is 18.2. The summed E-state index contributed by atoms with van der Waals surface area (Å²) < 4.78 is 28.6. The van der Waals surface area contributed by atoms with Crippen molar-refractivity contribution in [2.45, 2.75) is 4.90 Å². The molecule has 0 saturated carbocycles. The van der Waals surface area contributed by atoms with Crippen molar-refractivity contribution in [3.05, 3.63) is 81.8 Å². The van der Waals surface area contributed by atoms with E-state index in [0.717, 1.165) is 11.3 Å². The first-order valence-corrected chi connectivity index (χ1v) is 11.7. The summed E-state index contributed by atoms with van der Waals surface area (Å²) in [4.78, 5) is 4.57. The average molecular weight is 468 g/mol. The minimum absolute atomic E-state index is 0.0231. The Hall–Kier alpha value is -3.22. The molecule has 2 aromatic heterocycles. The van der Waals surface area contributed by atoms with Crippen molar-refractivity contribution in [1.29, 1.82) is 5.26 Å². The van der Waals surface area contributed by atoms with Crippen LogP contribution in [0.4, 0.5) is 0 Å². The van der Waals surface area contributed by atoms with Crippen molar-refractivity contribution in [2.24, 2.45) is 5.14 Å². The largest absolute Gasteiger partial charge is 0.457 e. The SMILES string of the molecule is N#CC(=Cc1ccc(-c2ccc(S(N)(=O)=O)cc2)o1)c1nc(-c2ccc(Cl)cc2)cs1. The molecule has 0 aliphatic rings. The van der Waals surface area contributed by atoms with Crippen LogP contribution in [0.5, 0.6) is 0 Å². The molecule has 4 rings (SSSR count). The number of furan rings is 1. The minimum Gasteiger partial charge on any atom is -0.457 e. The lowest BCUT2D eigenvalue weighted by atomic mass is 10.2. The highest BCUT2D eigenvalue weighted by Crippen LogP contribution is 2.29. The Bertz CT molecular complexity index is 1410. The lowest BCUT2D eigenvalue weighted by Gasteiger charge is -2.00. The van der Waals surface area contributed by atoms with Crippen molar-refractivity contribution in [1.82, 2.24) is 4.98 Å². The topological polar surface area (TPSA) is 110 Å². The van der Waals surface area contributed by atoms with E-state index >= 15 is 0 Å². The number of nitrogens with zero attached hydrogens (tertiary/aromatic N) is 2. The van der Waals surface area contributed by atoms with Gasteiger partial charge in [0.1, 0.15) is 22.6 Å². The Labute approximate surface area is 187 Å². The molecule has 2 heterocycles. The van der Waals surface area contributed by atoms with Crippen LogP contribution < -0.4 is 5.14 Å². The van der Waals surface area contributed by atoms with Gasteiger partial charge in [-0.05, 0) is 48.5 Å². The van der Waals surface area contributed by atoms with Gasteiger partial charge in [0.15, 0.2) is 0 Å². The zero-order valence-electron chi connectivity index (χ0n) is 15.8. The molecule has 0 amide bonds. The molecule has 154 valence electrons. The molecule has 6 nitrogen and oxygen atoms in total. The summed E-state index contributed by atoms with van der Waals surface area (Å²) in [7, 11) is -3.76. The van der Waals surface area contributed by atoms with Crippen LogP contribution in [0.15, 0.2) is 75.4 Å². The first kappa shape index (κ1) is 21.0. The second kappa shape index (κ2) is 8.49. The van der Waals surface area contributed by atoms with Crippen LogP contribution in [0.3, 0.4) is 0 Å². The number of halogens is 1. The van der Waals surface area contributed by atoms with Gasteiger partial charge in [-0.3, -0.25) is 0 Å². The van der Waals surface area contributed by atoms with Gasteiger partial charge in [0.25, 0.3) is 0 Å². The summed E-state index contributed by atoms with van der Waals surface area (Å²) in [5.41, 5.74) is 2.72. The van der Waals surface area contributed by atoms with Crippen molar-refractivity contribution in [2.75, 3.05) is 0 Å². The maximum atomic E-state index is 11.4. The van der Waals surface area contributed by atoms with E-state index in [1.54, 1.807) is 42.5 Å². The second-order valence-corrected chi connectivity index (χ2v) is 9.34. The molecule has 2 N–H and O–H groups in total. The Balaban J connectivity index is 1.59. The molecular formula is C22H14ClN3O3S2. The van der Waals surface area contributed by atoms with Gasteiger partial charge in [-0.15, -0.1) is 11.3 Å². The number of thiazole rings is 1. The average Bonchev–Trinajstić information content (AvgIpc) is 3.42. The fourth-order valence-corrected chi connectivity index (χ4v) is 4.27. The summed E-state index contributed by atoms with van der Waals surface area (Å²) >= 11 is 7.29. The predicted octanol–water partition coefficient (Wildman–Crippen LogP) is 5.44. The van der Waals surface area contributed by atoms with Gasteiger partial charge in [0.2, 0.25) is 10.0 Å². The number of benzene rings is 2. The Kier molecular flexibility index (Phi) is 5.76. The first-order valence-electron chi connectivity index (χ1n) is 8.90. The molecule has 0 aliphatic carbocycles. The lowest BCUT2D eigenvalue weighted by molar-refractivity contribution is 0.571. The fraction of sp³-hybridized carbons (Fsp3) is 0. The maximum Gasteiger partial charge on any atom is 0.238 e. The highest BCUT2D eigenvalue weighted by Gasteiger charge is 2.12. The van der Waals surface area contributed by atoms with Crippen LogP contribution >= 0.6 is 22.9 Å². The van der Waals surface area contributed by atoms with Crippen molar-refractivity contribution >= 4 is 44.6 Å². The molecule has 0 saturated heterocycles. The van der Waals surface area contributed by atoms with Crippen LogP contribution in [0.2, 0.25) is 5.02 Å². The van der Waals surface area contributed by atoms with Gasteiger partial charge in [-0.25, -0.2) is 18.5 Å². The van der Waals surface area contributed by atoms with Gasteiger partial charge in [-0.1, -0.05) is 23.7 Å². The van der Waals surface area contributed by atoms with Crippen molar-refractivity contribution < 1.29 is 12.8 Å². The molecule has 0 atom stereocenters. The van der Waals surface area contributed by atoms with E-state index in [-0.39, 0.29) is 4.90 Å². The second-order valence-electron chi connectivity index (χ2n) is 6.49. The number of aromatic nitrogens is 1. The standard InChI is InChI=1S/C22H14ClN3O3S2/c23-17-5-1-14(2-6-17)20-13-30-22(26-20)16(12-24)11-18-7-10-21(29-18)15-3-8-19(9-4-15)31(25,27)28/h1-11,13H,(H2,25,27,28). The molecule has 0 unspecified atom stereocenters. The fourth-order valence-electron chi connectivity index (χ4n) is 2.83. The van der Waals surface area contributed by atoms with E-state index in [0.29, 0.717) is 32.7 Å². The summed E-state index contributed by atoms with van der Waals surface area (Å²) in [6.07, 6.45) is 1.62. The van der Waals surface area contributed by atoms with Crippen LogP contribution in [0, 0.1) is 11.3 Å². The van der Waals surface area contributed by atoms with Crippen molar-refractivity contribution in [3.63, 3.8) is 0 Å². The van der Waals surface area contributed by atoms with Gasteiger partial charge in [0.05, 0.1) is 16.2 Å². The van der Waals surface area contributed by atoms with Gasteiger partial charge < -0.3 is 4.42 Å². The lowest BCUT2D eigenvalue weighted by Crippen LogP contribution is -2.11. The normalized spacial score (nSPS) is 12.0. The van der Waals surface area contributed by atoms with Crippen LogP contribution in [0.25, 0.3) is 34.2 Å². The predicted molar refractivity (Wildman–Crippen MR) is 122 cm³/mol. The third-order valence-corrected chi connectivity index (χ3v) is 6.43. The molecule has 4 aromatic rings. The van der Waals surface area contributed by atoms with Crippen molar-refractivity contribution in [3.8, 4) is 28.7 Å². The van der Waals surface area contributed by atoms with E-state index in [1.807, 2.05) is 17.5 Å². The Morgan fingerprint density at radius 3 is 2.39 bits per heavy atom. The molecule has 0 fully saturated rings. The summed E-state index contributed by atoms with van der Waals surface area (Å²) in [6, 6.07) is 19.0. The number of primary sulfonamides is 1. The quantitative estimate of drug-likeness (QED) is 0.393. The molecule has 31 heavy (non-hydrogen) atoms. The maximum absolute atomic E-state index is 11.4. The van der Waals surface area contributed by atoms with Gasteiger partial charge in [-0.2, -0.15) is 5.26 Å². The van der Waals surface area contributed by atoms with Crippen LogP contribution in [-0.2, 0) is 10.0 Å². The highest BCUT2D eigenvalue weighted by atomic mass is 35.5. The number of rotatable bonds is 5. The van der Waals surface area contributed by atoms with Gasteiger partial charge >= 0.3 is 0 Å². The Morgan fingerprint density at radius 1 is 1.06 bits per heavy atom. The molecule has 0 spiro atoms. The number of hydrogen-bond acceptors (Lipinski definition) is 6. The summed E-state index contributed by atoms with van der Waals surface area (Å²) in [5, 5.41) is 17.8. The van der Waals surface area contributed by atoms with E-state index in [2.05, 4.69) is 11.1 Å². The monoisotopic (exact) mass is 467 g/mol. The number of hydrogen-bond donors (Lipinski definition) is 1. The van der Waals surface area contributed by atoms with Crippen LogP contribution in [0.1, 0.15) is 10.8 Å². The third kappa shape index (κ3) is 4.76. The highest BCUT2D eigenvalue weighted by molar-refractivity contribution is 7.89. The molecule has 0 bridgehead atoms. The summed E-state index contributed by atoms with van der Waals surface area (Å²) in [6.45, 7) is 0. The van der Waals surface area contributed by atoms with E-state index in [1.165, 1.54) is 23.5 Å². The number of sulfonamides is 1. The molecule has 2 aromatic carbocycles. The van der Waals surface area contributed by atoms with E-state index < -0.39 is 10.0 Å². The first-order chi connectivity index (χ1) is 14.8. The summed E-state index contributed by atoms with van der Waals surface area (Å²) in [5.74, 6) is 1.01. The third-order valence-electron chi connectivity index (χ3n) is 4.38. The zero-order chi connectivity index (χ0) is 22.0. The van der Waals surface area contributed by atoms with E-state index in [9.17, 15) is 13.7 Å². The number of nitrogens with two attached hydrogens (primary N) is 1. The van der Waals surface area contributed by atoms with Gasteiger partial charge in [0, 0.05) is 27.6 Å². The smallest absolute Gasteiger partial charge is 0.238 e. The molecule has 0 aliphatic heterocycles. The van der Waals surface area contributed by atoms with Crippen LogP contribution in [-0.4, -0.2) is 13.4 Å².